The van der Waals surface area contributed by atoms with Gasteiger partial charge in [-0.1, -0.05) is 24.3 Å². The molecule has 0 amide bonds. The van der Waals surface area contributed by atoms with E-state index in [9.17, 15) is 0 Å². The number of rotatable bonds is 2. The first-order valence-corrected chi connectivity index (χ1v) is 4.97. The van der Waals surface area contributed by atoms with Crippen molar-refractivity contribution in [2.45, 2.75) is 13.3 Å². The van der Waals surface area contributed by atoms with Gasteiger partial charge in [0.1, 0.15) is 11.5 Å². The average Bonchev–Trinajstić information content (AvgIpc) is 2.50. The summed E-state index contributed by atoms with van der Waals surface area (Å²) in [6, 6.07) is 7.99. The molecule has 1 aliphatic heterocycles. The SMILES string of the molecule is Cc1ccccc1OC1=CC=NC=CC1. The van der Waals surface area contributed by atoms with Crippen LogP contribution in [0.3, 0.4) is 0 Å². The summed E-state index contributed by atoms with van der Waals surface area (Å²) >= 11 is 0. The van der Waals surface area contributed by atoms with E-state index in [1.54, 1.807) is 12.4 Å². The van der Waals surface area contributed by atoms with Gasteiger partial charge in [-0.05, 0) is 24.6 Å². The summed E-state index contributed by atoms with van der Waals surface area (Å²) in [5.74, 6) is 1.83. The van der Waals surface area contributed by atoms with Gasteiger partial charge in [0.2, 0.25) is 0 Å². The van der Waals surface area contributed by atoms with Crippen molar-refractivity contribution in [3.05, 3.63) is 53.9 Å². The fourth-order valence-corrected chi connectivity index (χ4v) is 1.36. The maximum Gasteiger partial charge on any atom is 0.129 e. The van der Waals surface area contributed by atoms with Gasteiger partial charge in [0.15, 0.2) is 0 Å². The molecule has 0 aromatic heterocycles. The first-order valence-electron chi connectivity index (χ1n) is 4.97. The van der Waals surface area contributed by atoms with Crippen LogP contribution in [-0.2, 0) is 0 Å². The maximum absolute atomic E-state index is 5.78. The number of allylic oxidation sites excluding steroid dienone is 2. The van der Waals surface area contributed by atoms with Crippen molar-refractivity contribution in [3.63, 3.8) is 0 Å². The first-order chi connectivity index (χ1) is 7.36. The molecule has 2 rings (SSSR count). The van der Waals surface area contributed by atoms with Crippen LogP contribution in [-0.4, -0.2) is 6.21 Å². The molecular formula is C13H13NO. The number of hydrogen-bond acceptors (Lipinski definition) is 2. The lowest BCUT2D eigenvalue weighted by Gasteiger charge is -2.09. The van der Waals surface area contributed by atoms with Gasteiger partial charge < -0.3 is 4.74 Å². The zero-order valence-electron chi connectivity index (χ0n) is 8.68. The van der Waals surface area contributed by atoms with E-state index in [0.29, 0.717) is 0 Å². The summed E-state index contributed by atoms with van der Waals surface area (Å²) in [5.41, 5.74) is 1.14. The lowest BCUT2D eigenvalue weighted by atomic mass is 10.2. The van der Waals surface area contributed by atoms with Crippen LogP contribution in [0.25, 0.3) is 0 Å². The summed E-state index contributed by atoms with van der Waals surface area (Å²) in [5, 5.41) is 0. The Morgan fingerprint density at radius 2 is 2.13 bits per heavy atom. The molecule has 0 spiro atoms. The molecule has 0 fully saturated rings. The molecule has 2 heteroatoms. The summed E-state index contributed by atoms with van der Waals surface area (Å²) in [7, 11) is 0. The Kier molecular flexibility index (Phi) is 2.98. The molecule has 1 heterocycles. The van der Waals surface area contributed by atoms with Crippen molar-refractivity contribution >= 4 is 6.21 Å². The van der Waals surface area contributed by atoms with Crippen molar-refractivity contribution in [2.75, 3.05) is 0 Å². The summed E-state index contributed by atoms with van der Waals surface area (Å²) in [4.78, 5) is 4.02. The van der Waals surface area contributed by atoms with E-state index in [2.05, 4.69) is 4.99 Å². The summed E-state index contributed by atoms with van der Waals surface area (Å²) in [6.07, 6.45) is 8.19. The van der Waals surface area contributed by atoms with E-state index in [0.717, 1.165) is 23.5 Å². The Balaban J connectivity index is 2.15. The molecule has 1 aromatic rings. The third-order valence-electron chi connectivity index (χ3n) is 2.19. The van der Waals surface area contributed by atoms with E-state index in [1.165, 1.54) is 0 Å². The number of hydrogen-bond donors (Lipinski definition) is 0. The van der Waals surface area contributed by atoms with Gasteiger partial charge >= 0.3 is 0 Å². The van der Waals surface area contributed by atoms with Crippen molar-refractivity contribution in [3.8, 4) is 5.75 Å². The third-order valence-corrected chi connectivity index (χ3v) is 2.19. The van der Waals surface area contributed by atoms with Gasteiger partial charge in [0.25, 0.3) is 0 Å². The highest BCUT2D eigenvalue weighted by molar-refractivity contribution is 5.73. The second-order valence-electron chi connectivity index (χ2n) is 3.39. The molecular weight excluding hydrogens is 186 g/mol. The smallest absolute Gasteiger partial charge is 0.129 e. The van der Waals surface area contributed by atoms with Crippen molar-refractivity contribution in [1.29, 1.82) is 0 Å². The number of aryl methyl sites for hydroxylation is 1. The van der Waals surface area contributed by atoms with Crippen LogP contribution in [0.2, 0.25) is 0 Å². The Bertz CT molecular complexity index is 430. The zero-order chi connectivity index (χ0) is 10.5. The molecule has 15 heavy (non-hydrogen) atoms. The molecule has 76 valence electrons. The molecule has 1 aromatic carbocycles. The van der Waals surface area contributed by atoms with Crippen LogP contribution in [0.15, 0.2) is 53.4 Å². The standard InChI is InChI=1S/C13H13NO/c1-11-5-2-3-7-13(11)15-12-6-4-9-14-10-8-12/h2-5,7-10H,6H2,1H3. The minimum absolute atomic E-state index is 0.786. The Labute approximate surface area is 89.6 Å². The highest BCUT2D eigenvalue weighted by Crippen LogP contribution is 2.20. The molecule has 0 unspecified atom stereocenters. The maximum atomic E-state index is 5.78. The highest BCUT2D eigenvalue weighted by atomic mass is 16.5. The van der Waals surface area contributed by atoms with Gasteiger partial charge in [-0.3, -0.25) is 4.99 Å². The minimum Gasteiger partial charge on any atom is -0.461 e. The van der Waals surface area contributed by atoms with Gasteiger partial charge in [0.05, 0.1) is 0 Å². The number of ether oxygens (including phenoxy) is 1. The van der Waals surface area contributed by atoms with Crippen LogP contribution in [0, 0.1) is 6.92 Å². The van der Waals surface area contributed by atoms with Crippen LogP contribution < -0.4 is 4.74 Å². The van der Waals surface area contributed by atoms with E-state index in [4.69, 9.17) is 4.74 Å². The van der Waals surface area contributed by atoms with Crippen molar-refractivity contribution < 1.29 is 4.74 Å². The van der Waals surface area contributed by atoms with Crippen LogP contribution in [0.5, 0.6) is 5.75 Å². The summed E-state index contributed by atoms with van der Waals surface area (Å²) < 4.78 is 5.78. The normalized spacial score (nSPS) is 14.6. The second kappa shape index (κ2) is 4.60. The van der Waals surface area contributed by atoms with Gasteiger partial charge in [-0.15, -0.1) is 0 Å². The topological polar surface area (TPSA) is 21.6 Å². The number of aliphatic imine (C=N–C) groups is 1. The van der Waals surface area contributed by atoms with Gasteiger partial charge in [-0.2, -0.15) is 0 Å². The van der Waals surface area contributed by atoms with Crippen molar-refractivity contribution in [2.24, 2.45) is 4.99 Å². The van der Waals surface area contributed by atoms with E-state index in [1.807, 2.05) is 43.3 Å². The fraction of sp³-hybridized carbons (Fsp3) is 0.154. The van der Waals surface area contributed by atoms with Gasteiger partial charge in [0, 0.05) is 18.8 Å². The monoisotopic (exact) mass is 199 g/mol. The average molecular weight is 199 g/mol. The van der Waals surface area contributed by atoms with E-state index >= 15 is 0 Å². The quantitative estimate of drug-likeness (QED) is 0.716. The zero-order valence-corrected chi connectivity index (χ0v) is 8.68. The number of benzene rings is 1. The minimum atomic E-state index is 0.786. The number of nitrogens with zero attached hydrogens (tertiary/aromatic N) is 1. The predicted molar refractivity (Wildman–Crippen MR) is 62.1 cm³/mol. The van der Waals surface area contributed by atoms with Crippen molar-refractivity contribution in [1.82, 2.24) is 0 Å². The largest absolute Gasteiger partial charge is 0.461 e. The molecule has 0 atom stereocenters. The number of para-hydroxylation sites is 1. The predicted octanol–water partition coefficient (Wildman–Crippen LogP) is 3.25. The Hall–Kier alpha value is -1.83. The first kappa shape index (κ1) is 9.71. The second-order valence-corrected chi connectivity index (χ2v) is 3.39. The molecule has 0 radical (unpaired) electrons. The van der Waals surface area contributed by atoms with Crippen LogP contribution in [0.4, 0.5) is 0 Å². The van der Waals surface area contributed by atoms with E-state index in [-0.39, 0.29) is 0 Å². The third kappa shape index (κ3) is 2.56. The molecule has 0 saturated carbocycles. The van der Waals surface area contributed by atoms with Crippen LogP contribution >= 0.6 is 0 Å². The fourth-order valence-electron chi connectivity index (χ4n) is 1.36. The molecule has 0 saturated heterocycles. The molecule has 1 aliphatic rings. The van der Waals surface area contributed by atoms with Crippen LogP contribution in [0.1, 0.15) is 12.0 Å². The molecule has 0 bridgehead atoms. The Morgan fingerprint density at radius 3 is 3.00 bits per heavy atom. The van der Waals surface area contributed by atoms with E-state index < -0.39 is 0 Å². The molecule has 0 aliphatic carbocycles. The molecule has 0 N–H and O–H groups in total. The lowest BCUT2D eigenvalue weighted by molar-refractivity contribution is 0.414. The molecule has 2 nitrogen and oxygen atoms in total. The van der Waals surface area contributed by atoms with Gasteiger partial charge in [-0.25, -0.2) is 0 Å². The lowest BCUT2D eigenvalue weighted by Crippen LogP contribution is -1.95. The highest BCUT2D eigenvalue weighted by Gasteiger charge is 2.02. The summed E-state index contributed by atoms with van der Waals surface area (Å²) in [6.45, 7) is 2.04. The Morgan fingerprint density at radius 1 is 1.27 bits per heavy atom.